The molecular weight excluding hydrogens is 260 g/mol. The third-order valence-corrected chi connectivity index (χ3v) is 4.23. The van der Waals surface area contributed by atoms with Gasteiger partial charge in [0.2, 0.25) is 0 Å². The Morgan fingerprint density at radius 2 is 1.79 bits per heavy atom. The van der Waals surface area contributed by atoms with Crippen molar-refractivity contribution in [3.05, 3.63) is 23.8 Å². The topological polar surface area (TPSA) is 18.5 Å². The molecule has 0 aromatic heterocycles. The maximum atomic E-state index is 6.58. The molecule has 0 N–H and O–H groups in total. The predicted octanol–water partition coefficient (Wildman–Crippen LogP) is 5.06. The maximum Gasteiger partial charge on any atom is 0.123 e. The second-order valence-corrected chi connectivity index (χ2v) is 6.61. The van der Waals surface area contributed by atoms with E-state index >= 15 is 0 Å². The van der Waals surface area contributed by atoms with E-state index in [9.17, 15) is 0 Å². The Morgan fingerprint density at radius 3 is 2.26 bits per heavy atom. The molecule has 0 saturated heterocycles. The van der Waals surface area contributed by atoms with Gasteiger partial charge in [-0.1, -0.05) is 27.7 Å². The number of rotatable bonds is 5. The molecular formula is C16H25ClO2. The second-order valence-electron chi connectivity index (χ2n) is 6.08. The van der Waals surface area contributed by atoms with Gasteiger partial charge in [-0.15, -0.1) is 11.6 Å². The van der Waals surface area contributed by atoms with E-state index in [1.165, 1.54) is 0 Å². The number of ether oxygens (including phenoxy) is 2. The van der Waals surface area contributed by atoms with Gasteiger partial charge in [0.25, 0.3) is 0 Å². The summed E-state index contributed by atoms with van der Waals surface area (Å²) in [4.78, 5) is 0. The average molecular weight is 285 g/mol. The van der Waals surface area contributed by atoms with Crippen molar-refractivity contribution >= 4 is 11.6 Å². The lowest BCUT2D eigenvalue weighted by atomic mass is 9.79. The van der Waals surface area contributed by atoms with Gasteiger partial charge in [0.05, 0.1) is 19.6 Å². The first-order valence-electron chi connectivity index (χ1n) is 6.65. The van der Waals surface area contributed by atoms with Crippen molar-refractivity contribution in [2.24, 2.45) is 11.3 Å². The van der Waals surface area contributed by atoms with Crippen LogP contribution in [0.15, 0.2) is 18.2 Å². The van der Waals surface area contributed by atoms with Crippen LogP contribution in [0, 0.1) is 11.3 Å². The van der Waals surface area contributed by atoms with Gasteiger partial charge in [0, 0.05) is 5.56 Å². The van der Waals surface area contributed by atoms with Gasteiger partial charge < -0.3 is 9.47 Å². The molecule has 0 saturated carbocycles. The second kappa shape index (κ2) is 6.51. The van der Waals surface area contributed by atoms with Gasteiger partial charge in [0.15, 0.2) is 0 Å². The zero-order chi connectivity index (χ0) is 14.6. The number of alkyl halides is 1. The lowest BCUT2D eigenvalue weighted by Crippen LogP contribution is -2.18. The lowest BCUT2D eigenvalue weighted by Gasteiger charge is -2.29. The highest BCUT2D eigenvalue weighted by Crippen LogP contribution is 2.40. The molecule has 0 amide bonds. The average Bonchev–Trinajstić information content (AvgIpc) is 2.36. The monoisotopic (exact) mass is 284 g/mol. The summed E-state index contributed by atoms with van der Waals surface area (Å²) >= 11 is 6.58. The summed E-state index contributed by atoms with van der Waals surface area (Å²) in [5.74, 6) is 2.15. The van der Waals surface area contributed by atoms with Crippen molar-refractivity contribution in [2.45, 2.75) is 39.5 Å². The summed E-state index contributed by atoms with van der Waals surface area (Å²) in [7, 11) is 3.33. The molecule has 0 bridgehead atoms. The van der Waals surface area contributed by atoms with Gasteiger partial charge >= 0.3 is 0 Å². The molecule has 0 heterocycles. The number of methoxy groups -OCH3 is 2. The highest BCUT2D eigenvalue weighted by atomic mass is 35.5. The fourth-order valence-electron chi connectivity index (χ4n) is 1.88. The minimum absolute atomic E-state index is 0.0701. The summed E-state index contributed by atoms with van der Waals surface area (Å²) in [6.45, 7) is 8.96. The first kappa shape index (κ1) is 16.2. The van der Waals surface area contributed by atoms with Crippen molar-refractivity contribution in [3.8, 4) is 11.5 Å². The maximum absolute atomic E-state index is 6.58. The fraction of sp³-hybridized carbons (Fsp3) is 0.625. The van der Waals surface area contributed by atoms with E-state index in [1.54, 1.807) is 14.2 Å². The predicted molar refractivity (Wildman–Crippen MR) is 81.4 cm³/mol. The van der Waals surface area contributed by atoms with E-state index in [4.69, 9.17) is 21.1 Å². The summed E-state index contributed by atoms with van der Waals surface area (Å²) in [6.07, 6.45) is 0.911. The van der Waals surface area contributed by atoms with Crippen molar-refractivity contribution in [1.29, 1.82) is 0 Å². The quantitative estimate of drug-likeness (QED) is 0.704. The van der Waals surface area contributed by atoms with E-state index in [-0.39, 0.29) is 10.8 Å². The molecule has 1 rings (SSSR count). The standard InChI is InChI=1S/C16H25ClO2/c1-11(16(2,3)4)9-14(17)13-10-12(18-5)7-8-15(13)19-6/h7-8,10-11,14H,9H2,1-6H3. The molecule has 0 aliphatic heterocycles. The summed E-state index contributed by atoms with van der Waals surface area (Å²) in [6, 6.07) is 5.76. The molecule has 2 unspecified atom stereocenters. The Kier molecular flexibility index (Phi) is 5.54. The molecule has 19 heavy (non-hydrogen) atoms. The van der Waals surface area contributed by atoms with Crippen LogP contribution in [0.3, 0.4) is 0 Å². The van der Waals surface area contributed by atoms with Crippen LogP contribution in [0.25, 0.3) is 0 Å². The summed E-state index contributed by atoms with van der Waals surface area (Å²) < 4.78 is 10.7. The van der Waals surface area contributed by atoms with Crippen LogP contribution < -0.4 is 9.47 Å². The zero-order valence-corrected chi connectivity index (χ0v) is 13.5. The van der Waals surface area contributed by atoms with Crippen molar-refractivity contribution in [1.82, 2.24) is 0 Å². The highest BCUT2D eigenvalue weighted by Gasteiger charge is 2.25. The molecule has 108 valence electrons. The Hall–Kier alpha value is -0.890. The number of benzene rings is 1. The van der Waals surface area contributed by atoms with E-state index in [0.717, 1.165) is 23.5 Å². The van der Waals surface area contributed by atoms with Gasteiger partial charge in [-0.2, -0.15) is 0 Å². The molecule has 2 atom stereocenters. The van der Waals surface area contributed by atoms with Crippen molar-refractivity contribution < 1.29 is 9.47 Å². The van der Waals surface area contributed by atoms with Crippen LogP contribution in [0.5, 0.6) is 11.5 Å². The number of halogens is 1. The van der Waals surface area contributed by atoms with Crippen molar-refractivity contribution in [3.63, 3.8) is 0 Å². The first-order chi connectivity index (χ1) is 8.79. The Labute approximate surface area is 122 Å². The zero-order valence-electron chi connectivity index (χ0n) is 12.8. The summed E-state index contributed by atoms with van der Waals surface area (Å²) in [5, 5.41) is -0.0701. The van der Waals surface area contributed by atoms with Gasteiger partial charge in [-0.05, 0) is 36.0 Å². The smallest absolute Gasteiger partial charge is 0.123 e. The Bertz CT molecular complexity index is 410. The van der Waals surface area contributed by atoms with Crippen LogP contribution in [0.4, 0.5) is 0 Å². The Balaban J connectivity index is 2.94. The van der Waals surface area contributed by atoms with E-state index in [2.05, 4.69) is 27.7 Å². The minimum Gasteiger partial charge on any atom is -0.497 e. The van der Waals surface area contributed by atoms with Gasteiger partial charge in [0.1, 0.15) is 11.5 Å². The van der Waals surface area contributed by atoms with Gasteiger partial charge in [-0.25, -0.2) is 0 Å². The van der Waals surface area contributed by atoms with Crippen LogP contribution >= 0.6 is 11.6 Å². The van der Waals surface area contributed by atoms with E-state index in [1.807, 2.05) is 18.2 Å². The van der Waals surface area contributed by atoms with Crippen LogP contribution in [0.1, 0.15) is 45.1 Å². The molecule has 0 fully saturated rings. The molecule has 1 aromatic carbocycles. The molecule has 1 aromatic rings. The van der Waals surface area contributed by atoms with Gasteiger partial charge in [-0.3, -0.25) is 0 Å². The van der Waals surface area contributed by atoms with Crippen LogP contribution in [-0.4, -0.2) is 14.2 Å². The molecule has 0 radical (unpaired) electrons. The van der Waals surface area contributed by atoms with Crippen LogP contribution in [0.2, 0.25) is 0 Å². The van der Waals surface area contributed by atoms with E-state index < -0.39 is 0 Å². The minimum atomic E-state index is -0.0701. The molecule has 2 nitrogen and oxygen atoms in total. The molecule has 0 aliphatic carbocycles. The molecule has 0 aliphatic rings. The van der Waals surface area contributed by atoms with Crippen LogP contribution in [-0.2, 0) is 0 Å². The molecule has 3 heteroatoms. The van der Waals surface area contributed by atoms with E-state index in [0.29, 0.717) is 5.92 Å². The number of hydrogen-bond donors (Lipinski definition) is 0. The first-order valence-corrected chi connectivity index (χ1v) is 7.09. The largest absolute Gasteiger partial charge is 0.497 e. The summed E-state index contributed by atoms with van der Waals surface area (Å²) in [5.41, 5.74) is 1.25. The SMILES string of the molecule is COc1ccc(OC)c(C(Cl)CC(C)C(C)(C)C)c1. The lowest BCUT2D eigenvalue weighted by molar-refractivity contribution is 0.244. The number of hydrogen-bond acceptors (Lipinski definition) is 2. The molecule has 0 spiro atoms. The fourth-order valence-corrected chi connectivity index (χ4v) is 2.31. The normalized spacial score (nSPS) is 14.9. The van der Waals surface area contributed by atoms with Crippen molar-refractivity contribution in [2.75, 3.05) is 14.2 Å². The Morgan fingerprint density at radius 1 is 1.16 bits per heavy atom. The third-order valence-electron chi connectivity index (χ3n) is 3.81. The third kappa shape index (κ3) is 4.31. The highest BCUT2D eigenvalue weighted by molar-refractivity contribution is 6.21.